The molecule has 2 aromatic carbocycles. The van der Waals surface area contributed by atoms with Crippen molar-refractivity contribution < 1.29 is 14.0 Å². The van der Waals surface area contributed by atoms with Crippen LogP contribution < -0.4 is 16.0 Å². The molecule has 2 aromatic rings. The maximum Gasteiger partial charge on any atom is 0.238 e. The van der Waals surface area contributed by atoms with E-state index in [-0.39, 0.29) is 28.4 Å². The molecule has 1 saturated heterocycles. The summed E-state index contributed by atoms with van der Waals surface area (Å²) in [6.45, 7) is 3.78. The molecule has 34 heavy (non-hydrogen) atoms. The van der Waals surface area contributed by atoms with Gasteiger partial charge < -0.3 is 10.6 Å². The summed E-state index contributed by atoms with van der Waals surface area (Å²) in [7, 11) is 0. The smallest absolute Gasteiger partial charge is 0.238 e. The zero-order valence-corrected chi connectivity index (χ0v) is 20.7. The minimum Gasteiger partial charge on any atom is -0.352 e. The van der Waals surface area contributed by atoms with Gasteiger partial charge in [-0.15, -0.1) is 0 Å². The Kier molecular flexibility index (Phi) is 5.90. The number of hydrogen-bond donors (Lipinski definition) is 3. The Hall–Kier alpha value is -2.15. The lowest BCUT2D eigenvalue weighted by Crippen LogP contribution is -2.55. The van der Waals surface area contributed by atoms with Crippen LogP contribution in [0.1, 0.15) is 63.0 Å². The van der Waals surface area contributed by atoms with Crippen LogP contribution in [0.5, 0.6) is 0 Å². The highest BCUT2D eigenvalue weighted by Crippen LogP contribution is 2.59. The van der Waals surface area contributed by atoms with E-state index in [4.69, 9.17) is 23.2 Å². The molecule has 3 atom stereocenters. The van der Waals surface area contributed by atoms with E-state index in [1.165, 1.54) is 12.5 Å². The second-order valence-electron chi connectivity index (χ2n) is 10.2. The van der Waals surface area contributed by atoms with Crippen molar-refractivity contribution in [2.45, 2.75) is 74.9 Å². The van der Waals surface area contributed by atoms with Crippen LogP contribution in [0.2, 0.25) is 10.0 Å². The van der Waals surface area contributed by atoms with E-state index in [0.29, 0.717) is 16.3 Å². The van der Waals surface area contributed by atoms with Gasteiger partial charge in [0, 0.05) is 28.2 Å². The molecule has 0 bridgehead atoms. The summed E-state index contributed by atoms with van der Waals surface area (Å²) in [5.41, 5.74) is -0.630. The Morgan fingerprint density at radius 1 is 1.12 bits per heavy atom. The molecular formula is C26H28Cl2FN3O2. The maximum absolute atomic E-state index is 15.6. The van der Waals surface area contributed by atoms with E-state index in [2.05, 4.69) is 16.0 Å². The van der Waals surface area contributed by atoms with Crippen LogP contribution in [-0.4, -0.2) is 29.4 Å². The fourth-order valence-corrected chi connectivity index (χ4v) is 6.74. The first kappa shape index (κ1) is 23.6. The van der Waals surface area contributed by atoms with E-state index >= 15 is 4.39 Å². The molecule has 3 unspecified atom stereocenters. The second-order valence-corrected chi connectivity index (χ2v) is 11.0. The largest absolute Gasteiger partial charge is 0.352 e. The van der Waals surface area contributed by atoms with Crippen molar-refractivity contribution >= 4 is 40.7 Å². The average molecular weight is 504 g/mol. The minimum absolute atomic E-state index is 0.0430. The molecule has 5 rings (SSSR count). The summed E-state index contributed by atoms with van der Waals surface area (Å²) in [6.07, 6.45) is 5.15. The molecule has 2 aliphatic heterocycles. The van der Waals surface area contributed by atoms with Crippen LogP contribution in [0.25, 0.3) is 0 Å². The number of carbonyl (C=O) groups excluding carboxylic acids is 2. The second kappa shape index (κ2) is 8.51. The molecule has 0 radical (unpaired) electrons. The third-order valence-corrected chi connectivity index (χ3v) is 8.39. The van der Waals surface area contributed by atoms with E-state index in [9.17, 15) is 9.59 Å². The van der Waals surface area contributed by atoms with Crippen LogP contribution in [0.15, 0.2) is 36.4 Å². The van der Waals surface area contributed by atoms with Gasteiger partial charge in [0.1, 0.15) is 11.2 Å². The lowest BCUT2D eigenvalue weighted by molar-refractivity contribution is -0.124. The first-order valence-electron chi connectivity index (χ1n) is 11.8. The summed E-state index contributed by atoms with van der Waals surface area (Å²) in [5.74, 6) is -1.96. The first-order valence-corrected chi connectivity index (χ1v) is 12.6. The number of anilines is 1. The van der Waals surface area contributed by atoms with Crippen molar-refractivity contribution in [3.63, 3.8) is 0 Å². The van der Waals surface area contributed by atoms with Gasteiger partial charge in [-0.3, -0.25) is 14.9 Å². The summed E-state index contributed by atoms with van der Waals surface area (Å²) in [5, 5.41) is 9.99. The highest BCUT2D eigenvalue weighted by molar-refractivity contribution is 6.31. The number of hydrogen-bond acceptors (Lipinski definition) is 3. The van der Waals surface area contributed by atoms with Crippen molar-refractivity contribution in [3.05, 3.63) is 63.4 Å². The Balaban J connectivity index is 1.68. The van der Waals surface area contributed by atoms with E-state index in [1.807, 2.05) is 13.8 Å². The molecule has 2 heterocycles. The summed E-state index contributed by atoms with van der Waals surface area (Å²) in [4.78, 5) is 27.6. The maximum atomic E-state index is 15.6. The van der Waals surface area contributed by atoms with Gasteiger partial charge >= 0.3 is 0 Å². The van der Waals surface area contributed by atoms with Crippen molar-refractivity contribution in [2.24, 2.45) is 0 Å². The average Bonchev–Trinajstić information content (AvgIpc) is 3.22. The zero-order chi connectivity index (χ0) is 24.3. The van der Waals surface area contributed by atoms with Crippen molar-refractivity contribution in [2.75, 3.05) is 5.32 Å². The fraction of sp³-hybridized carbons (Fsp3) is 0.462. The Morgan fingerprint density at radius 3 is 2.59 bits per heavy atom. The molecule has 3 N–H and O–H groups in total. The van der Waals surface area contributed by atoms with E-state index < -0.39 is 28.7 Å². The normalized spacial score (nSPS) is 28.1. The van der Waals surface area contributed by atoms with Gasteiger partial charge in [0.25, 0.3) is 0 Å². The third-order valence-electron chi connectivity index (χ3n) is 7.87. The van der Waals surface area contributed by atoms with Crippen molar-refractivity contribution in [1.82, 2.24) is 10.6 Å². The lowest BCUT2D eigenvalue weighted by atomic mass is 9.60. The Bertz CT molecular complexity index is 1160. The van der Waals surface area contributed by atoms with Gasteiger partial charge in [0.2, 0.25) is 11.8 Å². The topological polar surface area (TPSA) is 70.2 Å². The Labute approximate surface area is 208 Å². The number of nitrogens with one attached hydrogen (secondary N) is 3. The molecule has 5 nitrogen and oxygen atoms in total. The molecule has 1 aliphatic carbocycles. The standard InChI is InChI=1S/C26H28Cl2FN3O2/c1-25(2)26(17-12-11-14(27)13-19(17)31-24(26)34)20(16-9-6-10-18(28)21(16)29)22(32-25)23(33)30-15-7-4-3-5-8-15/h6,9-13,15,20,22,32H,3-5,7-8H2,1-2H3,(H,30,33)(H,31,34). The van der Waals surface area contributed by atoms with Gasteiger partial charge in [-0.05, 0) is 56.0 Å². The van der Waals surface area contributed by atoms with Gasteiger partial charge in [-0.25, -0.2) is 4.39 Å². The van der Waals surface area contributed by atoms with Crippen molar-refractivity contribution in [1.29, 1.82) is 0 Å². The number of amides is 2. The molecule has 8 heteroatoms. The number of rotatable bonds is 3. The molecule has 1 spiro atoms. The molecule has 2 fully saturated rings. The molecule has 1 saturated carbocycles. The highest BCUT2D eigenvalue weighted by atomic mass is 35.5. The van der Waals surface area contributed by atoms with E-state index in [1.54, 1.807) is 30.3 Å². The summed E-state index contributed by atoms with van der Waals surface area (Å²) in [6, 6.07) is 9.22. The predicted octanol–water partition coefficient (Wildman–Crippen LogP) is 5.31. The van der Waals surface area contributed by atoms with Crippen molar-refractivity contribution in [3.8, 4) is 0 Å². The van der Waals surface area contributed by atoms with Gasteiger partial charge in [0.05, 0.1) is 11.1 Å². The van der Waals surface area contributed by atoms with Crippen LogP contribution in [0.4, 0.5) is 10.1 Å². The molecule has 2 amide bonds. The zero-order valence-electron chi connectivity index (χ0n) is 19.2. The molecule has 3 aliphatic rings. The Morgan fingerprint density at radius 2 is 1.85 bits per heavy atom. The van der Waals surface area contributed by atoms with Gasteiger partial charge in [-0.2, -0.15) is 0 Å². The summed E-state index contributed by atoms with van der Waals surface area (Å²) < 4.78 is 15.6. The number of halogens is 3. The molecule has 180 valence electrons. The van der Waals surface area contributed by atoms with Crippen LogP contribution in [0.3, 0.4) is 0 Å². The monoisotopic (exact) mass is 503 g/mol. The van der Waals surface area contributed by atoms with E-state index in [0.717, 1.165) is 25.7 Å². The predicted molar refractivity (Wildman–Crippen MR) is 132 cm³/mol. The fourth-order valence-electron chi connectivity index (χ4n) is 6.39. The number of benzene rings is 2. The number of carbonyl (C=O) groups is 2. The van der Waals surface area contributed by atoms with Crippen LogP contribution >= 0.6 is 23.2 Å². The van der Waals surface area contributed by atoms with Gasteiger partial charge in [0.15, 0.2) is 0 Å². The van der Waals surface area contributed by atoms with Crippen LogP contribution in [0, 0.1) is 5.82 Å². The SMILES string of the molecule is CC1(C)NC(C(=O)NC2CCCCC2)C(c2cccc(Cl)c2F)C12C(=O)Nc1cc(Cl)ccc12. The molecule has 0 aromatic heterocycles. The number of fused-ring (bicyclic) bond motifs is 2. The highest BCUT2D eigenvalue weighted by Gasteiger charge is 2.69. The summed E-state index contributed by atoms with van der Waals surface area (Å²) >= 11 is 12.4. The third kappa shape index (κ3) is 3.45. The lowest BCUT2D eigenvalue weighted by Gasteiger charge is -2.40. The van der Waals surface area contributed by atoms with Gasteiger partial charge in [-0.1, -0.05) is 60.7 Å². The first-order chi connectivity index (χ1) is 16.2. The minimum atomic E-state index is -1.26. The quantitative estimate of drug-likeness (QED) is 0.531. The van der Waals surface area contributed by atoms with Crippen LogP contribution in [-0.2, 0) is 15.0 Å². The molecular weight excluding hydrogens is 476 g/mol.